The van der Waals surface area contributed by atoms with E-state index in [1.165, 1.54) is 13.2 Å². The number of nitrogens with two attached hydrogens (primary N) is 1. The van der Waals surface area contributed by atoms with Gasteiger partial charge in [-0.05, 0) is 36.8 Å². The molecule has 0 aromatic heterocycles. The fourth-order valence-corrected chi connectivity index (χ4v) is 3.07. The molecule has 0 aliphatic carbocycles. The highest BCUT2D eigenvalue weighted by Gasteiger charge is 2.15. The summed E-state index contributed by atoms with van der Waals surface area (Å²) in [4.78, 5) is 4.43. The minimum Gasteiger partial charge on any atom is -0.495 e. The monoisotopic (exact) mass is 362 g/mol. The van der Waals surface area contributed by atoms with E-state index in [4.69, 9.17) is 14.6 Å². The summed E-state index contributed by atoms with van der Waals surface area (Å²) in [5.41, 5.74) is 1.68. The van der Waals surface area contributed by atoms with E-state index >= 15 is 0 Å². The van der Waals surface area contributed by atoms with E-state index in [0.717, 1.165) is 17.0 Å². The van der Waals surface area contributed by atoms with Crippen LogP contribution in [0.5, 0.6) is 11.5 Å². The van der Waals surface area contributed by atoms with Crippen molar-refractivity contribution in [2.24, 2.45) is 10.1 Å². The van der Waals surface area contributed by atoms with Crippen molar-refractivity contribution in [3.05, 3.63) is 54.1 Å². The van der Waals surface area contributed by atoms with Crippen molar-refractivity contribution in [1.29, 1.82) is 0 Å². The Morgan fingerprint density at radius 1 is 1.16 bits per heavy atom. The molecule has 0 aliphatic rings. The highest BCUT2D eigenvalue weighted by atomic mass is 32.2. The van der Waals surface area contributed by atoms with Gasteiger partial charge in [0.15, 0.2) is 0 Å². The topological polar surface area (TPSA) is 91.0 Å². The summed E-state index contributed by atoms with van der Waals surface area (Å²) in [6, 6.07) is 14.5. The van der Waals surface area contributed by atoms with E-state index in [0.29, 0.717) is 19.6 Å². The molecule has 0 atom stereocenters. The van der Waals surface area contributed by atoms with Crippen LogP contribution in [-0.4, -0.2) is 34.4 Å². The fraction of sp³-hybridized carbons (Fsp3) is 0.278. The van der Waals surface area contributed by atoms with Gasteiger partial charge < -0.3 is 9.47 Å². The molecule has 0 spiro atoms. The lowest BCUT2D eigenvalue weighted by atomic mass is 10.1. The molecule has 0 fully saturated rings. The van der Waals surface area contributed by atoms with E-state index in [2.05, 4.69) is 4.99 Å². The lowest BCUT2D eigenvalue weighted by Gasteiger charge is -2.09. The van der Waals surface area contributed by atoms with Crippen LogP contribution < -0.4 is 14.6 Å². The molecule has 7 heteroatoms. The number of aliphatic imine (C=N–C) groups is 1. The van der Waals surface area contributed by atoms with Crippen molar-refractivity contribution in [3.8, 4) is 11.5 Å². The first kappa shape index (κ1) is 19.0. The average Bonchev–Trinajstić information content (AvgIpc) is 2.59. The van der Waals surface area contributed by atoms with Crippen molar-refractivity contribution < 1.29 is 17.9 Å². The van der Waals surface area contributed by atoms with Crippen LogP contribution in [0.15, 0.2) is 58.4 Å². The van der Waals surface area contributed by atoms with Crippen LogP contribution in [0.3, 0.4) is 0 Å². The molecular weight excluding hydrogens is 340 g/mol. The molecule has 2 aromatic carbocycles. The Kier molecular flexibility index (Phi) is 6.55. The van der Waals surface area contributed by atoms with Crippen LogP contribution in [0.2, 0.25) is 0 Å². The molecule has 134 valence electrons. The summed E-state index contributed by atoms with van der Waals surface area (Å²) in [5.74, 6) is 1.04. The minimum absolute atomic E-state index is 0.0206. The number of methoxy groups -OCH3 is 1. The molecule has 25 heavy (non-hydrogen) atoms. The van der Waals surface area contributed by atoms with Crippen molar-refractivity contribution in [2.45, 2.75) is 18.2 Å². The van der Waals surface area contributed by atoms with E-state index < -0.39 is 10.0 Å². The van der Waals surface area contributed by atoms with Gasteiger partial charge in [-0.15, -0.1) is 0 Å². The number of hydrogen-bond donors (Lipinski definition) is 1. The van der Waals surface area contributed by atoms with Crippen molar-refractivity contribution >= 4 is 15.7 Å². The number of benzene rings is 2. The third kappa shape index (κ3) is 5.88. The van der Waals surface area contributed by atoms with Crippen LogP contribution in [0.4, 0.5) is 0 Å². The second kappa shape index (κ2) is 8.64. The largest absolute Gasteiger partial charge is 0.495 e. The molecule has 0 heterocycles. The van der Waals surface area contributed by atoms with Gasteiger partial charge in [0.2, 0.25) is 10.0 Å². The van der Waals surface area contributed by atoms with Gasteiger partial charge in [-0.25, -0.2) is 13.6 Å². The standard InChI is InChI=1S/C18H22N2O4S/c1-14(20-10-11-24-16-6-4-3-5-7-16)12-15-8-9-17(23-2)18(13-15)25(19,21)22/h3-9,13H,10-12H2,1-2H3,(H2,19,21,22). The fourth-order valence-electron chi connectivity index (χ4n) is 2.32. The van der Waals surface area contributed by atoms with Gasteiger partial charge in [0.05, 0.1) is 13.7 Å². The maximum atomic E-state index is 11.6. The van der Waals surface area contributed by atoms with E-state index in [1.54, 1.807) is 12.1 Å². The van der Waals surface area contributed by atoms with E-state index in [1.807, 2.05) is 37.3 Å². The molecule has 0 amide bonds. The number of nitrogens with zero attached hydrogens (tertiary/aromatic N) is 1. The zero-order valence-electron chi connectivity index (χ0n) is 14.3. The maximum Gasteiger partial charge on any atom is 0.241 e. The summed E-state index contributed by atoms with van der Waals surface area (Å²) in [6.45, 7) is 2.90. The van der Waals surface area contributed by atoms with Gasteiger partial charge in [0, 0.05) is 12.1 Å². The van der Waals surface area contributed by atoms with Crippen molar-refractivity contribution in [1.82, 2.24) is 0 Å². The van der Waals surface area contributed by atoms with Crippen molar-refractivity contribution in [3.63, 3.8) is 0 Å². The normalized spacial score (nSPS) is 12.0. The first-order valence-corrected chi connectivity index (χ1v) is 9.32. The lowest BCUT2D eigenvalue weighted by molar-refractivity contribution is 0.328. The highest BCUT2D eigenvalue weighted by molar-refractivity contribution is 7.89. The average molecular weight is 362 g/mol. The van der Waals surface area contributed by atoms with Gasteiger partial charge in [0.25, 0.3) is 0 Å². The number of ether oxygens (including phenoxy) is 2. The van der Waals surface area contributed by atoms with Gasteiger partial charge in [0.1, 0.15) is 23.0 Å². The van der Waals surface area contributed by atoms with Gasteiger partial charge in [-0.3, -0.25) is 4.99 Å². The second-order valence-corrected chi connectivity index (χ2v) is 7.02. The lowest BCUT2D eigenvalue weighted by Crippen LogP contribution is -2.14. The Morgan fingerprint density at radius 3 is 2.52 bits per heavy atom. The molecule has 2 aromatic rings. The predicted molar refractivity (Wildman–Crippen MR) is 98.0 cm³/mol. The van der Waals surface area contributed by atoms with Crippen LogP contribution >= 0.6 is 0 Å². The summed E-state index contributed by atoms with van der Waals surface area (Å²) in [6.07, 6.45) is 0.526. The summed E-state index contributed by atoms with van der Waals surface area (Å²) < 4.78 is 33.9. The first-order chi connectivity index (χ1) is 11.9. The zero-order valence-corrected chi connectivity index (χ0v) is 15.1. The summed E-state index contributed by atoms with van der Waals surface area (Å²) in [7, 11) is -2.43. The van der Waals surface area contributed by atoms with Gasteiger partial charge in [-0.2, -0.15) is 0 Å². The van der Waals surface area contributed by atoms with Gasteiger partial charge >= 0.3 is 0 Å². The molecule has 0 saturated heterocycles. The Labute approximate surface area is 148 Å². The van der Waals surface area contributed by atoms with Crippen molar-refractivity contribution in [2.75, 3.05) is 20.3 Å². The molecule has 0 bridgehead atoms. The summed E-state index contributed by atoms with van der Waals surface area (Å²) >= 11 is 0. The molecule has 2 N–H and O–H groups in total. The smallest absolute Gasteiger partial charge is 0.241 e. The molecule has 2 rings (SSSR count). The second-order valence-electron chi connectivity index (χ2n) is 5.49. The first-order valence-electron chi connectivity index (χ1n) is 7.77. The molecule has 0 saturated carbocycles. The quantitative estimate of drug-likeness (QED) is 0.577. The molecule has 0 radical (unpaired) electrons. The van der Waals surface area contributed by atoms with Crippen LogP contribution in [0, 0.1) is 0 Å². The van der Waals surface area contributed by atoms with Crippen LogP contribution in [0.25, 0.3) is 0 Å². The van der Waals surface area contributed by atoms with Crippen LogP contribution in [-0.2, 0) is 16.4 Å². The predicted octanol–water partition coefficient (Wildman–Crippen LogP) is 2.43. The Balaban J connectivity index is 1.96. The molecular formula is C18H22N2O4S. The summed E-state index contributed by atoms with van der Waals surface area (Å²) in [5, 5.41) is 5.23. The molecule has 0 unspecified atom stereocenters. The zero-order chi connectivity index (χ0) is 18.3. The molecule has 6 nitrogen and oxygen atoms in total. The molecule has 0 aliphatic heterocycles. The number of rotatable bonds is 8. The Bertz CT molecular complexity index is 833. The van der Waals surface area contributed by atoms with E-state index in [9.17, 15) is 8.42 Å². The Morgan fingerprint density at radius 2 is 1.88 bits per heavy atom. The van der Waals surface area contributed by atoms with E-state index in [-0.39, 0.29) is 10.6 Å². The third-order valence-electron chi connectivity index (χ3n) is 3.48. The number of primary sulfonamides is 1. The minimum atomic E-state index is -3.84. The van der Waals surface area contributed by atoms with Crippen LogP contribution in [0.1, 0.15) is 12.5 Å². The number of sulfonamides is 1. The number of para-hydroxylation sites is 1. The SMILES string of the molecule is COc1ccc(CC(C)=NCCOc2ccccc2)cc1S(N)(=O)=O. The Hall–Kier alpha value is -2.38. The maximum absolute atomic E-state index is 11.6. The highest BCUT2D eigenvalue weighted by Crippen LogP contribution is 2.24. The number of hydrogen-bond acceptors (Lipinski definition) is 5. The third-order valence-corrected chi connectivity index (χ3v) is 4.41. The van der Waals surface area contributed by atoms with Gasteiger partial charge in [-0.1, -0.05) is 24.3 Å².